The number of aromatic nitrogens is 1. The average Bonchev–Trinajstić information content (AvgIpc) is 2.62. The van der Waals surface area contributed by atoms with Gasteiger partial charge in [0.15, 0.2) is 0 Å². The van der Waals surface area contributed by atoms with E-state index in [1.54, 1.807) is 24.1 Å². The third kappa shape index (κ3) is 3.68. The summed E-state index contributed by atoms with van der Waals surface area (Å²) in [7, 11) is 1.59. The lowest BCUT2D eigenvalue weighted by Gasteiger charge is -2.33. The van der Waals surface area contributed by atoms with Crippen LogP contribution in [0.3, 0.4) is 0 Å². The van der Waals surface area contributed by atoms with Crippen LogP contribution in [-0.4, -0.2) is 30.6 Å². The van der Waals surface area contributed by atoms with Crippen LogP contribution in [0.1, 0.15) is 18.5 Å². The monoisotopic (exact) mass is 345 g/mol. The van der Waals surface area contributed by atoms with Crippen LogP contribution in [-0.2, 0) is 11.3 Å². The molecule has 0 spiro atoms. The van der Waals surface area contributed by atoms with Crippen LogP contribution in [0.2, 0.25) is 5.02 Å². The number of pyridine rings is 1. The third-order valence-corrected chi connectivity index (χ3v) is 4.42. The van der Waals surface area contributed by atoms with E-state index in [0.29, 0.717) is 24.0 Å². The lowest BCUT2D eigenvalue weighted by Crippen LogP contribution is -2.50. The van der Waals surface area contributed by atoms with Gasteiger partial charge in [-0.3, -0.25) is 4.79 Å². The molecule has 1 aliphatic heterocycles. The van der Waals surface area contributed by atoms with Gasteiger partial charge in [-0.2, -0.15) is 0 Å². The normalized spacial score (nSPS) is 17.8. The number of ether oxygens (including phenoxy) is 1. The van der Waals surface area contributed by atoms with Crippen molar-refractivity contribution in [1.82, 2.24) is 10.3 Å². The molecule has 0 radical (unpaired) electrons. The number of hydrogen-bond donors (Lipinski definition) is 1. The Labute approximate surface area is 146 Å². The summed E-state index contributed by atoms with van der Waals surface area (Å²) >= 11 is 6.24. The molecule has 1 N–H and O–H groups in total. The molecular weight excluding hydrogens is 326 g/mol. The van der Waals surface area contributed by atoms with E-state index in [2.05, 4.69) is 10.3 Å². The van der Waals surface area contributed by atoms with E-state index in [0.717, 1.165) is 24.2 Å². The van der Waals surface area contributed by atoms with E-state index < -0.39 is 0 Å². The molecule has 2 aromatic rings. The summed E-state index contributed by atoms with van der Waals surface area (Å²) < 4.78 is 5.13. The summed E-state index contributed by atoms with van der Waals surface area (Å²) in [6, 6.07) is 12.8. The van der Waals surface area contributed by atoms with Gasteiger partial charge in [0, 0.05) is 19.2 Å². The maximum atomic E-state index is 12.8. The Morgan fingerprint density at radius 3 is 2.92 bits per heavy atom. The highest BCUT2D eigenvalue weighted by Crippen LogP contribution is 2.28. The Morgan fingerprint density at radius 2 is 2.12 bits per heavy atom. The molecule has 5 nitrogen and oxygen atoms in total. The Balaban J connectivity index is 1.68. The SMILES string of the molecule is COc1cccc(CNC2CCCN(c3ccccc3Cl)C2=O)n1. The number of amides is 1. The van der Waals surface area contributed by atoms with Crippen molar-refractivity contribution >= 4 is 23.2 Å². The van der Waals surface area contributed by atoms with Crippen LogP contribution >= 0.6 is 11.6 Å². The molecular formula is C18H20ClN3O2. The number of hydrogen-bond acceptors (Lipinski definition) is 4. The molecule has 2 heterocycles. The molecule has 1 amide bonds. The zero-order chi connectivity index (χ0) is 16.9. The van der Waals surface area contributed by atoms with Crippen molar-refractivity contribution in [3.8, 4) is 5.88 Å². The fourth-order valence-corrected chi connectivity index (χ4v) is 3.11. The number of carbonyl (C=O) groups is 1. The van der Waals surface area contributed by atoms with Gasteiger partial charge in [-0.05, 0) is 31.0 Å². The first-order valence-corrected chi connectivity index (χ1v) is 8.36. The van der Waals surface area contributed by atoms with Crippen molar-refractivity contribution in [3.63, 3.8) is 0 Å². The Kier molecular flexibility index (Phi) is 5.33. The predicted molar refractivity (Wildman–Crippen MR) is 94.5 cm³/mol. The smallest absolute Gasteiger partial charge is 0.244 e. The summed E-state index contributed by atoms with van der Waals surface area (Å²) in [5, 5.41) is 3.90. The number of anilines is 1. The molecule has 1 fully saturated rings. The van der Waals surface area contributed by atoms with Gasteiger partial charge in [0.25, 0.3) is 0 Å². The van der Waals surface area contributed by atoms with E-state index >= 15 is 0 Å². The summed E-state index contributed by atoms with van der Waals surface area (Å²) in [6.45, 7) is 1.21. The van der Waals surface area contributed by atoms with Gasteiger partial charge in [-0.1, -0.05) is 29.8 Å². The molecule has 0 saturated carbocycles. The van der Waals surface area contributed by atoms with E-state index in [1.165, 1.54) is 0 Å². The second-order valence-corrected chi connectivity index (χ2v) is 6.10. The standard InChI is InChI=1S/C18H20ClN3O2/c1-24-17-10-4-6-13(21-17)12-20-15-8-5-11-22(18(15)23)16-9-3-2-7-14(16)19/h2-4,6-7,9-10,15,20H,5,8,11-12H2,1H3. The van der Waals surface area contributed by atoms with Crippen molar-refractivity contribution in [2.45, 2.75) is 25.4 Å². The van der Waals surface area contributed by atoms with Gasteiger partial charge in [-0.25, -0.2) is 4.98 Å². The number of piperidine rings is 1. The van der Waals surface area contributed by atoms with Crippen LogP contribution in [0.4, 0.5) is 5.69 Å². The summed E-state index contributed by atoms with van der Waals surface area (Å²) in [5.41, 5.74) is 1.62. The minimum atomic E-state index is -0.233. The number of nitrogens with zero attached hydrogens (tertiary/aromatic N) is 2. The first-order valence-electron chi connectivity index (χ1n) is 7.98. The number of methoxy groups -OCH3 is 1. The molecule has 1 aromatic carbocycles. The maximum Gasteiger partial charge on any atom is 0.244 e. The van der Waals surface area contributed by atoms with Crippen LogP contribution < -0.4 is 15.0 Å². The molecule has 126 valence electrons. The van der Waals surface area contributed by atoms with Gasteiger partial charge in [-0.15, -0.1) is 0 Å². The minimum absolute atomic E-state index is 0.0530. The molecule has 0 aliphatic carbocycles. The molecule has 24 heavy (non-hydrogen) atoms. The fraction of sp³-hybridized carbons (Fsp3) is 0.333. The molecule has 1 aliphatic rings. The number of para-hydroxylation sites is 1. The minimum Gasteiger partial charge on any atom is -0.481 e. The van der Waals surface area contributed by atoms with E-state index in [-0.39, 0.29) is 11.9 Å². The lowest BCUT2D eigenvalue weighted by atomic mass is 10.0. The first kappa shape index (κ1) is 16.7. The highest BCUT2D eigenvalue weighted by atomic mass is 35.5. The molecule has 3 rings (SSSR count). The van der Waals surface area contributed by atoms with Crippen LogP contribution in [0.5, 0.6) is 5.88 Å². The molecule has 1 aromatic heterocycles. The fourth-order valence-electron chi connectivity index (χ4n) is 2.87. The van der Waals surface area contributed by atoms with Crippen molar-refractivity contribution < 1.29 is 9.53 Å². The van der Waals surface area contributed by atoms with Crippen molar-refractivity contribution in [1.29, 1.82) is 0 Å². The zero-order valence-corrected chi connectivity index (χ0v) is 14.3. The van der Waals surface area contributed by atoms with Gasteiger partial charge in [0.2, 0.25) is 11.8 Å². The third-order valence-electron chi connectivity index (χ3n) is 4.10. The second-order valence-electron chi connectivity index (χ2n) is 5.69. The summed E-state index contributed by atoms with van der Waals surface area (Å²) in [5.74, 6) is 0.624. The van der Waals surface area contributed by atoms with Gasteiger partial charge < -0.3 is 15.0 Å². The Hall–Kier alpha value is -2.11. The van der Waals surface area contributed by atoms with Crippen molar-refractivity contribution in [3.05, 3.63) is 53.2 Å². The van der Waals surface area contributed by atoms with Crippen LogP contribution in [0, 0.1) is 0 Å². The molecule has 1 unspecified atom stereocenters. The van der Waals surface area contributed by atoms with Gasteiger partial charge in [0.05, 0.1) is 29.6 Å². The highest BCUT2D eigenvalue weighted by molar-refractivity contribution is 6.33. The first-order chi connectivity index (χ1) is 11.7. The zero-order valence-electron chi connectivity index (χ0n) is 13.5. The molecule has 6 heteroatoms. The number of benzene rings is 1. The van der Waals surface area contributed by atoms with Gasteiger partial charge >= 0.3 is 0 Å². The molecule has 1 saturated heterocycles. The number of nitrogens with one attached hydrogen (secondary N) is 1. The van der Waals surface area contributed by atoms with Crippen molar-refractivity contribution in [2.75, 3.05) is 18.6 Å². The molecule has 0 bridgehead atoms. The van der Waals surface area contributed by atoms with Crippen LogP contribution in [0.25, 0.3) is 0 Å². The quantitative estimate of drug-likeness (QED) is 0.905. The highest BCUT2D eigenvalue weighted by Gasteiger charge is 2.30. The second kappa shape index (κ2) is 7.64. The number of halogens is 1. The van der Waals surface area contributed by atoms with Crippen molar-refractivity contribution in [2.24, 2.45) is 0 Å². The summed E-state index contributed by atoms with van der Waals surface area (Å²) in [4.78, 5) is 18.9. The lowest BCUT2D eigenvalue weighted by molar-refractivity contribution is -0.121. The predicted octanol–water partition coefficient (Wildman–Crippen LogP) is 3.03. The van der Waals surface area contributed by atoms with E-state index in [9.17, 15) is 4.79 Å². The average molecular weight is 346 g/mol. The molecule has 1 atom stereocenters. The van der Waals surface area contributed by atoms with E-state index in [4.69, 9.17) is 16.3 Å². The maximum absolute atomic E-state index is 12.8. The number of carbonyl (C=O) groups excluding carboxylic acids is 1. The number of rotatable bonds is 5. The van der Waals surface area contributed by atoms with Crippen LogP contribution in [0.15, 0.2) is 42.5 Å². The largest absolute Gasteiger partial charge is 0.481 e. The topological polar surface area (TPSA) is 54.5 Å². The van der Waals surface area contributed by atoms with Gasteiger partial charge in [0.1, 0.15) is 0 Å². The van der Waals surface area contributed by atoms with E-state index in [1.807, 2.05) is 30.3 Å². The Morgan fingerprint density at radius 1 is 1.29 bits per heavy atom. The Bertz CT molecular complexity index is 723. The summed E-state index contributed by atoms with van der Waals surface area (Å²) in [6.07, 6.45) is 1.74.